The molecule has 21 heavy (non-hydrogen) atoms. The van der Waals surface area contributed by atoms with Crippen LogP contribution in [0.15, 0.2) is 12.1 Å². The predicted molar refractivity (Wildman–Crippen MR) is 78.8 cm³/mol. The molecule has 1 aromatic carbocycles. The molecule has 0 aliphatic heterocycles. The van der Waals surface area contributed by atoms with Crippen LogP contribution in [0.4, 0.5) is 9.18 Å². The van der Waals surface area contributed by atoms with E-state index in [-0.39, 0.29) is 22.9 Å². The zero-order chi connectivity index (χ0) is 16.0. The molecule has 0 saturated heterocycles. The van der Waals surface area contributed by atoms with Crippen molar-refractivity contribution in [3.63, 3.8) is 0 Å². The Morgan fingerprint density at radius 1 is 1.48 bits per heavy atom. The summed E-state index contributed by atoms with van der Waals surface area (Å²) in [6.07, 6.45) is -0.201. The van der Waals surface area contributed by atoms with Crippen LogP contribution in [0, 0.1) is 17.7 Å². The monoisotopic (exact) mass is 313 g/mol. The van der Waals surface area contributed by atoms with E-state index in [1.165, 1.54) is 0 Å². The van der Waals surface area contributed by atoms with Gasteiger partial charge in [0.25, 0.3) is 0 Å². The van der Waals surface area contributed by atoms with Gasteiger partial charge in [0.1, 0.15) is 17.2 Å². The predicted octanol–water partition coefficient (Wildman–Crippen LogP) is 3.45. The lowest BCUT2D eigenvalue weighted by atomic mass is 10.2. The van der Waals surface area contributed by atoms with Gasteiger partial charge >= 0.3 is 6.09 Å². The second kappa shape index (κ2) is 7.19. The number of hydrogen-bond donors (Lipinski definition) is 2. The van der Waals surface area contributed by atoms with Gasteiger partial charge in [0, 0.05) is 13.0 Å². The largest absolute Gasteiger partial charge is 0.505 e. The summed E-state index contributed by atoms with van der Waals surface area (Å²) in [6, 6.07) is 2.10. The third-order valence-electron chi connectivity index (χ3n) is 2.17. The second-order valence-electron chi connectivity index (χ2n) is 5.26. The van der Waals surface area contributed by atoms with Crippen molar-refractivity contribution in [3.05, 3.63) is 28.5 Å². The Hall–Kier alpha value is -1.93. The standard InChI is InChI=1S/C15H17ClFNO3/c1-15(2,3)21-14(20)18-7-5-4-6-10-8-11(17)9-12(16)13(10)19/h8-9,19H,5,7H2,1-3H3,(H,18,20). The summed E-state index contributed by atoms with van der Waals surface area (Å²) in [5.41, 5.74) is -0.447. The van der Waals surface area contributed by atoms with Crippen molar-refractivity contribution in [1.29, 1.82) is 0 Å². The number of benzene rings is 1. The topological polar surface area (TPSA) is 58.6 Å². The average molecular weight is 314 g/mol. The molecule has 0 bridgehead atoms. The molecule has 0 radical (unpaired) electrons. The maximum Gasteiger partial charge on any atom is 0.407 e. The van der Waals surface area contributed by atoms with Gasteiger partial charge in [-0.25, -0.2) is 9.18 Å². The number of ether oxygens (including phenoxy) is 1. The molecule has 0 spiro atoms. The summed E-state index contributed by atoms with van der Waals surface area (Å²) in [4.78, 5) is 11.3. The minimum Gasteiger partial charge on any atom is -0.505 e. The molecule has 1 aromatic rings. The molecular weight excluding hydrogens is 297 g/mol. The van der Waals surface area contributed by atoms with Crippen LogP contribution in [0.1, 0.15) is 32.8 Å². The molecule has 4 nitrogen and oxygen atoms in total. The summed E-state index contributed by atoms with van der Waals surface area (Å²) in [7, 11) is 0. The van der Waals surface area contributed by atoms with Crippen LogP contribution in [-0.2, 0) is 4.74 Å². The maximum atomic E-state index is 13.1. The highest BCUT2D eigenvalue weighted by Gasteiger charge is 2.15. The summed E-state index contributed by atoms with van der Waals surface area (Å²) in [5.74, 6) is 4.48. The number of halogens is 2. The maximum absolute atomic E-state index is 13.1. The summed E-state index contributed by atoms with van der Waals surface area (Å²) >= 11 is 5.63. The molecule has 0 unspecified atom stereocenters. The van der Waals surface area contributed by atoms with Crippen molar-refractivity contribution >= 4 is 17.7 Å². The van der Waals surface area contributed by atoms with Gasteiger partial charge in [0.2, 0.25) is 0 Å². The first-order valence-electron chi connectivity index (χ1n) is 6.33. The van der Waals surface area contributed by atoms with E-state index < -0.39 is 17.5 Å². The normalized spacial score (nSPS) is 10.5. The van der Waals surface area contributed by atoms with Crippen LogP contribution in [0.5, 0.6) is 5.75 Å². The van der Waals surface area contributed by atoms with Crippen molar-refractivity contribution in [3.8, 4) is 17.6 Å². The number of aromatic hydroxyl groups is 1. The molecule has 0 atom stereocenters. The van der Waals surface area contributed by atoms with E-state index in [9.17, 15) is 14.3 Å². The molecule has 114 valence electrons. The van der Waals surface area contributed by atoms with E-state index in [1.807, 2.05) is 0 Å². The van der Waals surface area contributed by atoms with Crippen LogP contribution in [-0.4, -0.2) is 23.3 Å². The zero-order valence-corrected chi connectivity index (χ0v) is 12.8. The molecule has 0 heterocycles. The van der Waals surface area contributed by atoms with E-state index in [4.69, 9.17) is 16.3 Å². The molecule has 0 saturated carbocycles. The molecule has 0 fully saturated rings. The van der Waals surface area contributed by atoms with E-state index in [0.29, 0.717) is 6.42 Å². The van der Waals surface area contributed by atoms with E-state index in [2.05, 4.69) is 17.2 Å². The Balaban J connectivity index is 2.50. The third kappa shape index (κ3) is 6.37. The molecule has 2 N–H and O–H groups in total. The first-order valence-corrected chi connectivity index (χ1v) is 6.70. The number of phenols is 1. The molecular formula is C15H17ClFNO3. The van der Waals surface area contributed by atoms with Crippen LogP contribution in [0.3, 0.4) is 0 Å². The average Bonchev–Trinajstić information content (AvgIpc) is 2.32. The molecule has 0 aromatic heterocycles. The number of rotatable bonds is 2. The Morgan fingerprint density at radius 2 is 2.14 bits per heavy atom. The van der Waals surface area contributed by atoms with Gasteiger partial charge in [0.15, 0.2) is 0 Å². The summed E-state index contributed by atoms with van der Waals surface area (Å²) in [6.45, 7) is 5.58. The Labute approximate surface area is 128 Å². The van der Waals surface area contributed by atoms with Gasteiger partial charge in [-0.15, -0.1) is 0 Å². The highest BCUT2D eigenvalue weighted by atomic mass is 35.5. The van der Waals surface area contributed by atoms with E-state index in [0.717, 1.165) is 12.1 Å². The lowest BCUT2D eigenvalue weighted by Gasteiger charge is -2.19. The van der Waals surface area contributed by atoms with E-state index >= 15 is 0 Å². The number of carbonyl (C=O) groups is 1. The Bertz CT molecular complexity index is 585. The van der Waals surface area contributed by atoms with E-state index in [1.54, 1.807) is 20.8 Å². The van der Waals surface area contributed by atoms with Gasteiger partial charge in [-0.1, -0.05) is 23.4 Å². The van der Waals surface area contributed by atoms with Crippen LogP contribution in [0.25, 0.3) is 0 Å². The van der Waals surface area contributed by atoms with Crippen LogP contribution in [0.2, 0.25) is 5.02 Å². The van der Waals surface area contributed by atoms with Crippen molar-refractivity contribution in [1.82, 2.24) is 5.32 Å². The number of hydrogen-bond acceptors (Lipinski definition) is 3. The Morgan fingerprint density at radius 3 is 2.76 bits per heavy atom. The number of nitrogens with one attached hydrogen (secondary N) is 1. The van der Waals surface area contributed by atoms with Gasteiger partial charge in [-0.2, -0.15) is 0 Å². The number of phenolic OH excluding ortho intramolecular Hbond substituents is 1. The fourth-order valence-corrected chi connectivity index (χ4v) is 1.57. The first-order chi connectivity index (χ1) is 9.69. The highest BCUT2D eigenvalue weighted by molar-refractivity contribution is 6.32. The number of alkyl carbamates (subject to hydrolysis) is 1. The van der Waals surface area contributed by atoms with Crippen molar-refractivity contribution in [2.45, 2.75) is 32.8 Å². The second-order valence-corrected chi connectivity index (χ2v) is 5.67. The first kappa shape index (κ1) is 17.1. The highest BCUT2D eigenvalue weighted by Crippen LogP contribution is 2.27. The van der Waals surface area contributed by atoms with Crippen molar-refractivity contribution in [2.75, 3.05) is 6.54 Å². The third-order valence-corrected chi connectivity index (χ3v) is 2.46. The zero-order valence-electron chi connectivity index (χ0n) is 12.1. The quantitative estimate of drug-likeness (QED) is 0.649. The molecule has 1 rings (SSSR count). The number of amides is 1. The minimum absolute atomic E-state index is 0.0915. The SMILES string of the molecule is CC(C)(C)OC(=O)NCCC#Cc1cc(F)cc(Cl)c1O. The lowest BCUT2D eigenvalue weighted by molar-refractivity contribution is 0.0529. The van der Waals surface area contributed by atoms with Crippen LogP contribution >= 0.6 is 11.6 Å². The Kier molecular flexibility index (Phi) is 5.86. The van der Waals surface area contributed by atoms with Gasteiger partial charge in [0.05, 0.1) is 10.6 Å². The van der Waals surface area contributed by atoms with Crippen molar-refractivity contribution in [2.24, 2.45) is 0 Å². The molecule has 6 heteroatoms. The molecule has 0 aliphatic carbocycles. The van der Waals surface area contributed by atoms with Gasteiger partial charge < -0.3 is 15.2 Å². The summed E-state index contributed by atoms with van der Waals surface area (Å²) < 4.78 is 18.2. The summed E-state index contributed by atoms with van der Waals surface area (Å²) in [5, 5.41) is 12.0. The van der Waals surface area contributed by atoms with Gasteiger partial charge in [-0.05, 0) is 32.9 Å². The minimum atomic E-state index is -0.575. The molecule has 1 amide bonds. The lowest BCUT2D eigenvalue weighted by Crippen LogP contribution is -2.32. The van der Waals surface area contributed by atoms with Crippen molar-refractivity contribution < 1.29 is 19.0 Å². The van der Waals surface area contributed by atoms with Crippen LogP contribution < -0.4 is 5.32 Å². The molecule has 0 aliphatic rings. The fourth-order valence-electron chi connectivity index (χ4n) is 1.36. The number of carbonyl (C=O) groups excluding carboxylic acids is 1. The smallest absolute Gasteiger partial charge is 0.407 e. The fraction of sp³-hybridized carbons (Fsp3) is 0.400. The van der Waals surface area contributed by atoms with Gasteiger partial charge in [-0.3, -0.25) is 0 Å².